The molecule has 0 radical (unpaired) electrons. The molecule has 0 bridgehead atoms. The molecule has 0 unspecified atom stereocenters. The lowest BCUT2D eigenvalue weighted by molar-refractivity contribution is 1.31. The first-order chi connectivity index (χ1) is 5.13. The number of halogens is 2. The third-order valence-corrected chi connectivity index (χ3v) is 1.85. The molecule has 0 atom stereocenters. The van der Waals surface area contributed by atoms with Crippen LogP contribution < -0.4 is 0 Å². The average Bonchev–Trinajstić information content (AvgIpc) is 1.85. The summed E-state index contributed by atoms with van der Waals surface area (Å²) in [5.74, 6) is 0. The topological polar surface area (TPSA) is 12.9 Å². The van der Waals surface area contributed by atoms with E-state index in [1.807, 2.05) is 6.92 Å². The number of nitrogens with zero attached hydrogens (tertiary/aromatic N) is 1. The lowest BCUT2D eigenvalue weighted by Crippen LogP contribution is -1.83. The van der Waals surface area contributed by atoms with Gasteiger partial charge in [0, 0.05) is 18.0 Å². The third kappa shape index (κ3) is 1.73. The molecule has 0 aliphatic rings. The van der Waals surface area contributed by atoms with Crippen LogP contribution in [0.25, 0.3) is 5.57 Å². The molecule has 0 saturated carbocycles. The summed E-state index contributed by atoms with van der Waals surface area (Å²) in [6, 6.07) is 0. The number of hydrogen-bond donors (Lipinski definition) is 0. The molecule has 1 aromatic rings. The highest BCUT2D eigenvalue weighted by atomic mass is 35.5. The summed E-state index contributed by atoms with van der Waals surface area (Å²) in [4.78, 5) is 3.82. The number of allylic oxidation sites excluding steroid dienone is 1. The molecular formula is C8H7Cl2N. The number of hydrogen-bond acceptors (Lipinski definition) is 1. The fourth-order valence-corrected chi connectivity index (χ4v) is 1.51. The van der Waals surface area contributed by atoms with Gasteiger partial charge in [-0.1, -0.05) is 29.8 Å². The first-order valence-corrected chi connectivity index (χ1v) is 3.83. The van der Waals surface area contributed by atoms with Gasteiger partial charge >= 0.3 is 0 Å². The zero-order valence-corrected chi connectivity index (χ0v) is 7.58. The second-order valence-electron chi connectivity index (χ2n) is 2.26. The van der Waals surface area contributed by atoms with Crippen LogP contribution in [0.1, 0.15) is 12.5 Å². The van der Waals surface area contributed by atoms with Crippen LogP contribution in [0.5, 0.6) is 0 Å². The Hall–Kier alpha value is -0.530. The van der Waals surface area contributed by atoms with E-state index in [4.69, 9.17) is 23.2 Å². The van der Waals surface area contributed by atoms with Crippen LogP contribution in [-0.4, -0.2) is 4.98 Å². The summed E-state index contributed by atoms with van der Waals surface area (Å²) in [6.45, 7) is 5.60. The molecule has 0 aromatic carbocycles. The summed E-state index contributed by atoms with van der Waals surface area (Å²) in [7, 11) is 0. The third-order valence-electron chi connectivity index (χ3n) is 1.28. The highest BCUT2D eigenvalue weighted by Gasteiger charge is 2.05. The van der Waals surface area contributed by atoms with E-state index >= 15 is 0 Å². The van der Waals surface area contributed by atoms with Gasteiger partial charge in [0.15, 0.2) is 0 Å². The Kier molecular flexibility index (Phi) is 2.53. The Morgan fingerprint density at radius 3 is 2.09 bits per heavy atom. The van der Waals surface area contributed by atoms with E-state index in [1.165, 1.54) is 0 Å². The van der Waals surface area contributed by atoms with Gasteiger partial charge in [-0.15, -0.1) is 0 Å². The zero-order valence-electron chi connectivity index (χ0n) is 6.06. The summed E-state index contributed by atoms with van der Waals surface area (Å²) >= 11 is 11.6. The average molecular weight is 188 g/mol. The van der Waals surface area contributed by atoms with Crippen molar-refractivity contribution < 1.29 is 0 Å². The van der Waals surface area contributed by atoms with E-state index < -0.39 is 0 Å². The maximum absolute atomic E-state index is 5.82. The predicted octanol–water partition coefficient (Wildman–Crippen LogP) is 3.42. The second-order valence-corrected chi connectivity index (χ2v) is 3.07. The highest BCUT2D eigenvalue weighted by molar-refractivity contribution is 6.37. The second kappa shape index (κ2) is 3.24. The lowest BCUT2D eigenvalue weighted by Gasteiger charge is -2.03. The molecule has 1 rings (SSSR count). The van der Waals surface area contributed by atoms with Gasteiger partial charge < -0.3 is 0 Å². The van der Waals surface area contributed by atoms with E-state index in [9.17, 15) is 0 Å². The molecule has 1 nitrogen and oxygen atoms in total. The number of pyridine rings is 1. The van der Waals surface area contributed by atoms with Crippen molar-refractivity contribution >= 4 is 28.8 Å². The normalized spacial score (nSPS) is 9.73. The van der Waals surface area contributed by atoms with E-state index in [0.717, 1.165) is 11.1 Å². The van der Waals surface area contributed by atoms with E-state index in [-0.39, 0.29) is 0 Å². The Balaban J connectivity index is 3.32. The van der Waals surface area contributed by atoms with Crippen molar-refractivity contribution in [3.8, 4) is 0 Å². The van der Waals surface area contributed by atoms with Crippen LogP contribution in [0.2, 0.25) is 10.0 Å². The van der Waals surface area contributed by atoms with Crippen molar-refractivity contribution in [3.05, 3.63) is 34.6 Å². The van der Waals surface area contributed by atoms with Crippen LogP contribution in [0.4, 0.5) is 0 Å². The minimum Gasteiger partial charge on any atom is -0.262 e. The Labute approximate surface area is 75.7 Å². The van der Waals surface area contributed by atoms with Gasteiger partial charge in [0.05, 0.1) is 10.0 Å². The molecule has 3 heteroatoms. The Bertz CT molecular complexity index is 274. The van der Waals surface area contributed by atoms with Crippen LogP contribution in [0.15, 0.2) is 19.0 Å². The van der Waals surface area contributed by atoms with Gasteiger partial charge in [-0.25, -0.2) is 0 Å². The van der Waals surface area contributed by atoms with Crippen molar-refractivity contribution in [3.63, 3.8) is 0 Å². The van der Waals surface area contributed by atoms with Gasteiger partial charge in [0.2, 0.25) is 0 Å². The minimum atomic E-state index is 0.546. The molecular weight excluding hydrogens is 181 g/mol. The molecule has 1 aromatic heterocycles. The van der Waals surface area contributed by atoms with Gasteiger partial charge in [-0.2, -0.15) is 0 Å². The van der Waals surface area contributed by atoms with Crippen molar-refractivity contribution in [1.29, 1.82) is 0 Å². The molecule has 0 fully saturated rings. The van der Waals surface area contributed by atoms with Crippen LogP contribution in [0.3, 0.4) is 0 Å². The van der Waals surface area contributed by atoms with Crippen LogP contribution >= 0.6 is 23.2 Å². The number of rotatable bonds is 1. The van der Waals surface area contributed by atoms with Crippen molar-refractivity contribution in [1.82, 2.24) is 4.98 Å². The minimum absolute atomic E-state index is 0.546. The van der Waals surface area contributed by atoms with Gasteiger partial charge in [0.1, 0.15) is 0 Å². The first kappa shape index (κ1) is 8.57. The fourth-order valence-electron chi connectivity index (χ4n) is 0.819. The first-order valence-electron chi connectivity index (χ1n) is 3.08. The van der Waals surface area contributed by atoms with Crippen LogP contribution in [-0.2, 0) is 0 Å². The van der Waals surface area contributed by atoms with Gasteiger partial charge in [0.25, 0.3) is 0 Å². The fraction of sp³-hybridized carbons (Fsp3) is 0.125. The Morgan fingerprint density at radius 1 is 1.36 bits per heavy atom. The summed E-state index contributed by atoms with van der Waals surface area (Å²) in [6.07, 6.45) is 3.11. The smallest absolute Gasteiger partial charge is 0.0679 e. The van der Waals surface area contributed by atoms with Gasteiger partial charge in [-0.3, -0.25) is 4.98 Å². The lowest BCUT2D eigenvalue weighted by atomic mass is 10.1. The molecule has 11 heavy (non-hydrogen) atoms. The van der Waals surface area contributed by atoms with Crippen molar-refractivity contribution in [2.45, 2.75) is 6.92 Å². The SMILES string of the molecule is C=C(C)c1c(Cl)cncc1Cl. The predicted molar refractivity (Wildman–Crippen MR) is 49.0 cm³/mol. The molecule has 0 aliphatic carbocycles. The zero-order chi connectivity index (χ0) is 8.43. The molecule has 0 amide bonds. The monoisotopic (exact) mass is 187 g/mol. The quantitative estimate of drug-likeness (QED) is 0.657. The summed E-state index contributed by atoms with van der Waals surface area (Å²) in [5, 5.41) is 1.09. The largest absolute Gasteiger partial charge is 0.262 e. The summed E-state index contributed by atoms with van der Waals surface area (Å²) < 4.78 is 0. The molecule has 58 valence electrons. The molecule has 1 heterocycles. The van der Waals surface area contributed by atoms with E-state index in [1.54, 1.807) is 12.4 Å². The molecule has 0 spiro atoms. The standard InChI is InChI=1S/C8H7Cl2N/c1-5(2)8-6(9)3-11-4-7(8)10/h3-4H,1H2,2H3. The maximum Gasteiger partial charge on any atom is 0.0679 e. The van der Waals surface area contributed by atoms with E-state index in [0.29, 0.717) is 10.0 Å². The molecule has 0 aliphatic heterocycles. The van der Waals surface area contributed by atoms with Gasteiger partial charge in [-0.05, 0) is 12.5 Å². The molecule has 0 saturated heterocycles. The summed E-state index contributed by atoms with van der Waals surface area (Å²) in [5.41, 5.74) is 1.63. The van der Waals surface area contributed by atoms with E-state index in [2.05, 4.69) is 11.6 Å². The maximum atomic E-state index is 5.82. The van der Waals surface area contributed by atoms with Crippen LogP contribution in [0, 0.1) is 0 Å². The van der Waals surface area contributed by atoms with Crippen molar-refractivity contribution in [2.24, 2.45) is 0 Å². The van der Waals surface area contributed by atoms with Crippen molar-refractivity contribution in [2.75, 3.05) is 0 Å². The highest BCUT2D eigenvalue weighted by Crippen LogP contribution is 2.28. The molecule has 0 N–H and O–H groups in total. The number of aromatic nitrogens is 1. The Morgan fingerprint density at radius 2 is 1.82 bits per heavy atom.